The maximum absolute atomic E-state index is 12.1. The molecule has 0 aromatic carbocycles. The minimum absolute atomic E-state index is 0.219. The van der Waals surface area contributed by atoms with Crippen molar-refractivity contribution in [1.82, 2.24) is 14.5 Å². The number of carboxylic acid groups (broad SMARTS) is 1. The van der Waals surface area contributed by atoms with Gasteiger partial charge in [-0.2, -0.15) is 0 Å². The van der Waals surface area contributed by atoms with Crippen molar-refractivity contribution in [2.24, 2.45) is 5.41 Å². The second-order valence-electron chi connectivity index (χ2n) is 4.60. The Bertz CT molecular complexity index is 448. The van der Waals surface area contributed by atoms with Gasteiger partial charge in [-0.3, -0.25) is 9.59 Å². The first-order valence-corrected chi connectivity index (χ1v) is 6.72. The summed E-state index contributed by atoms with van der Waals surface area (Å²) >= 11 is 1.12. The number of aliphatic carboxylic acids is 1. The fourth-order valence-electron chi connectivity index (χ4n) is 2.43. The summed E-state index contributed by atoms with van der Waals surface area (Å²) in [6, 6.07) is 0. The van der Waals surface area contributed by atoms with Gasteiger partial charge in [0.1, 0.15) is 0 Å². The van der Waals surface area contributed by atoms with Gasteiger partial charge in [0.05, 0.1) is 5.41 Å². The second-order valence-corrected chi connectivity index (χ2v) is 5.21. The van der Waals surface area contributed by atoms with Crippen LogP contribution < -0.4 is 0 Å². The molecule has 2 heterocycles. The molecule has 1 unspecified atom stereocenters. The minimum Gasteiger partial charge on any atom is -0.481 e. The third kappa shape index (κ3) is 2.22. The summed E-state index contributed by atoms with van der Waals surface area (Å²) in [6.07, 6.45) is 1.91. The molecule has 2 rings (SSSR count). The molecule has 1 aromatic heterocycles. The lowest BCUT2D eigenvalue weighted by atomic mass is 9.83. The Hall–Kier alpha value is -1.50. The highest BCUT2D eigenvalue weighted by atomic mass is 32.1. The number of likely N-dealkylation sites (tertiary alicyclic amines) is 1. The van der Waals surface area contributed by atoms with Gasteiger partial charge in [-0.1, -0.05) is 17.8 Å². The maximum atomic E-state index is 12.1. The molecule has 1 fully saturated rings. The van der Waals surface area contributed by atoms with E-state index in [-0.39, 0.29) is 12.5 Å². The highest BCUT2D eigenvalue weighted by molar-refractivity contribution is 7.03. The first kappa shape index (κ1) is 12.9. The minimum atomic E-state index is -0.809. The third-order valence-corrected chi connectivity index (χ3v) is 3.91. The van der Waals surface area contributed by atoms with Crippen LogP contribution >= 0.6 is 11.5 Å². The standard InChI is InChI=1S/C11H15N3O3S/c1-2-3-11(10(16)17)4-5-14(7-11)9(15)8-6-18-13-12-8/h6H,2-5,7H2,1H3,(H,16,17). The van der Waals surface area contributed by atoms with Gasteiger partial charge in [0, 0.05) is 18.5 Å². The Morgan fingerprint density at radius 3 is 2.94 bits per heavy atom. The van der Waals surface area contributed by atoms with Crippen LogP contribution in [0.2, 0.25) is 0 Å². The molecule has 7 heteroatoms. The molecule has 1 saturated heterocycles. The first-order chi connectivity index (χ1) is 8.59. The van der Waals surface area contributed by atoms with Crippen LogP contribution in [0, 0.1) is 5.41 Å². The van der Waals surface area contributed by atoms with Crippen molar-refractivity contribution in [3.63, 3.8) is 0 Å². The van der Waals surface area contributed by atoms with Crippen molar-refractivity contribution in [3.8, 4) is 0 Å². The van der Waals surface area contributed by atoms with E-state index in [0.717, 1.165) is 18.0 Å². The van der Waals surface area contributed by atoms with Crippen LogP contribution in [0.5, 0.6) is 0 Å². The van der Waals surface area contributed by atoms with E-state index >= 15 is 0 Å². The summed E-state index contributed by atoms with van der Waals surface area (Å²) in [5, 5.41) is 14.7. The number of aromatic nitrogens is 2. The second kappa shape index (κ2) is 5.01. The summed E-state index contributed by atoms with van der Waals surface area (Å²) < 4.78 is 3.65. The molecule has 1 N–H and O–H groups in total. The number of amides is 1. The van der Waals surface area contributed by atoms with E-state index in [0.29, 0.717) is 25.1 Å². The Balaban J connectivity index is 2.11. The average Bonchev–Trinajstić information content (AvgIpc) is 2.98. The van der Waals surface area contributed by atoms with E-state index in [1.165, 1.54) is 0 Å². The van der Waals surface area contributed by atoms with Gasteiger partial charge in [-0.05, 0) is 24.4 Å². The van der Waals surface area contributed by atoms with Gasteiger partial charge in [0.25, 0.3) is 5.91 Å². The predicted octanol–water partition coefficient (Wildman–Crippen LogP) is 1.26. The lowest BCUT2D eigenvalue weighted by Gasteiger charge is -2.23. The molecular weight excluding hydrogens is 254 g/mol. The monoisotopic (exact) mass is 269 g/mol. The molecule has 1 amide bonds. The highest BCUT2D eigenvalue weighted by Gasteiger charge is 2.45. The van der Waals surface area contributed by atoms with E-state index in [2.05, 4.69) is 9.59 Å². The third-order valence-electron chi connectivity index (χ3n) is 3.40. The number of hydrogen-bond donors (Lipinski definition) is 1. The number of rotatable bonds is 4. The summed E-state index contributed by atoms with van der Waals surface area (Å²) in [4.78, 5) is 25.0. The normalized spacial score (nSPS) is 23.3. The van der Waals surface area contributed by atoms with Crippen molar-refractivity contribution in [2.75, 3.05) is 13.1 Å². The van der Waals surface area contributed by atoms with Gasteiger partial charge < -0.3 is 10.0 Å². The average molecular weight is 269 g/mol. The molecule has 0 spiro atoms. The molecule has 1 aromatic rings. The molecule has 1 aliphatic heterocycles. The lowest BCUT2D eigenvalue weighted by Crippen LogP contribution is -2.37. The zero-order chi connectivity index (χ0) is 13.2. The molecular formula is C11H15N3O3S. The predicted molar refractivity (Wildman–Crippen MR) is 65.4 cm³/mol. The van der Waals surface area contributed by atoms with Crippen LogP contribution in [0.1, 0.15) is 36.7 Å². The van der Waals surface area contributed by atoms with E-state index < -0.39 is 11.4 Å². The van der Waals surface area contributed by atoms with E-state index in [9.17, 15) is 14.7 Å². The number of carbonyl (C=O) groups is 2. The number of nitrogens with zero attached hydrogens (tertiary/aromatic N) is 3. The molecule has 0 bridgehead atoms. The number of hydrogen-bond acceptors (Lipinski definition) is 5. The van der Waals surface area contributed by atoms with Crippen molar-refractivity contribution in [2.45, 2.75) is 26.2 Å². The molecule has 98 valence electrons. The molecule has 6 nitrogen and oxygen atoms in total. The largest absolute Gasteiger partial charge is 0.481 e. The van der Waals surface area contributed by atoms with E-state index in [1.54, 1.807) is 10.3 Å². The lowest BCUT2D eigenvalue weighted by molar-refractivity contribution is -0.148. The summed E-state index contributed by atoms with van der Waals surface area (Å²) in [7, 11) is 0. The van der Waals surface area contributed by atoms with Crippen LogP contribution in [-0.4, -0.2) is 44.6 Å². The van der Waals surface area contributed by atoms with Gasteiger partial charge in [0.15, 0.2) is 5.69 Å². The number of carbonyl (C=O) groups excluding carboxylic acids is 1. The summed E-state index contributed by atoms with van der Waals surface area (Å²) in [5.74, 6) is -1.03. The summed E-state index contributed by atoms with van der Waals surface area (Å²) in [5.41, 5.74) is -0.480. The Labute approximate surface area is 109 Å². The van der Waals surface area contributed by atoms with Crippen molar-refractivity contribution >= 4 is 23.4 Å². The zero-order valence-corrected chi connectivity index (χ0v) is 10.9. The maximum Gasteiger partial charge on any atom is 0.311 e. The molecule has 0 saturated carbocycles. The van der Waals surface area contributed by atoms with Crippen LogP contribution in [0.4, 0.5) is 0 Å². The Morgan fingerprint density at radius 1 is 1.61 bits per heavy atom. The SMILES string of the molecule is CCCC1(C(=O)O)CCN(C(=O)c2csnn2)C1. The topological polar surface area (TPSA) is 83.4 Å². The first-order valence-electron chi connectivity index (χ1n) is 5.89. The molecule has 18 heavy (non-hydrogen) atoms. The van der Waals surface area contributed by atoms with Crippen LogP contribution in [-0.2, 0) is 4.79 Å². The Morgan fingerprint density at radius 2 is 2.39 bits per heavy atom. The quantitative estimate of drug-likeness (QED) is 0.889. The van der Waals surface area contributed by atoms with Crippen LogP contribution in [0.25, 0.3) is 0 Å². The van der Waals surface area contributed by atoms with Gasteiger partial charge in [0.2, 0.25) is 0 Å². The van der Waals surface area contributed by atoms with Crippen LogP contribution in [0.15, 0.2) is 5.38 Å². The van der Waals surface area contributed by atoms with E-state index in [4.69, 9.17) is 0 Å². The molecule has 0 radical (unpaired) electrons. The fourth-order valence-corrected chi connectivity index (χ4v) is 2.86. The smallest absolute Gasteiger partial charge is 0.311 e. The molecule has 0 aliphatic carbocycles. The fraction of sp³-hybridized carbons (Fsp3) is 0.636. The van der Waals surface area contributed by atoms with E-state index in [1.807, 2.05) is 6.92 Å². The summed E-state index contributed by atoms with van der Waals surface area (Å²) in [6.45, 7) is 2.70. The van der Waals surface area contributed by atoms with Gasteiger partial charge in [-0.25, -0.2) is 0 Å². The van der Waals surface area contributed by atoms with Crippen molar-refractivity contribution in [3.05, 3.63) is 11.1 Å². The van der Waals surface area contributed by atoms with Crippen LogP contribution in [0.3, 0.4) is 0 Å². The molecule has 1 aliphatic rings. The Kier molecular flexibility index (Phi) is 3.60. The van der Waals surface area contributed by atoms with Gasteiger partial charge in [-0.15, -0.1) is 5.10 Å². The van der Waals surface area contributed by atoms with Crippen molar-refractivity contribution in [1.29, 1.82) is 0 Å². The van der Waals surface area contributed by atoms with Gasteiger partial charge >= 0.3 is 5.97 Å². The molecule has 1 atom stereocenters. The van der Waals surface area contributed by atoms with Crippen molar-refractivity contribution < 1.29 is 14.7 Å². The number of carboxylic acids is 1. The zero-order valence-electron chi connectivity index (χ0n) is 10.1. The highest BCUT2D eigenvalue weighted by Crippen LogP contribution is 2.36.